The molecule has 3 rings (SSSR count). The van der Waals surface area contributed by atoms with Crippen molar-refractivity contribution in [2.45, 2.75) is 0 Å². The van der Waals surface area contributed by atoms with Gasteiger partial charge in [0.05, 0.1) is 27.8 Å². The monoisotopic (exact) mass is 369 g/mol. The van der Waals surface area contributed by atoms with E-state index in [0.29, 0.717) is 6.07 Å². The Bertz CT molecular complexity index is 1080. The Labute approximate surface area is 142 Å². The van der Waals surface area contributed by atoms with Gasteiger partial charge in [0.15, 0.2) is 5.75 Å². The van der Waals surface area contributed by atoms with Crippen LogP contribution in [0.2, 0.25) is 5.02 Å². The molecule has 0 aliphatic heterocycles. The Morgan fingerprint density at radius 3 is 2.48 bits per heavy atom. The van der Waals surface area contributed by atoms with Crippen LogP contribution in [0.25, 0.3) is 16.6 Å². The van der Waals surface area contributed by atoms with E-state index in [9.17, 15) is 22.8 Å². The van der Waals surface area contributed by atoms with Crippen molar-refractivity contribution >= 4 is 28.7 Å². The molecular weight excluding hydrogens is 363 g/mol. The van der Waals surface area contributed by atoms with E-state index in [1.54, 1.807) is 0 Å². The molecule has 0 saturated carbocycles. The highest BCUT2D eigenvalue weighted by Crippen LogP contribution is 2.27. The summed E-state index contributed by atoms with van der Waals surface area (Å²) in [4.78, 5) is 23.0. The summed E-state index contributed by atoms with van der Waals surface area (Å²) < 4.78 is 46.4. The Morgan fingerprint density at radius 2 is 1.84 bits per heavy atom. The Kier molecular flexibility index (Phi) is 4.13. The fourth-order valence-electron chi connectivity index (χ4n) is 2.34. The Balaban J connectivity index is 2.43. The molecule has 25 heavy (non-hydrogen) atoms. The summed E-state index contributed by atoms with van der Waals surface area (Å²) in [6.45, 7) is 0. The van der Waals surface area contributed by atoms with Gasteiger partial charge in [-0.25, -0.2) is 18.0 Å². The third-order valence-electron chi connectivity index (χ3n) is 3.38. The number of carboxylic acid groups (broad SMARTS) is 1. The fourth-order valence-corrected chi connectivity index (χ4v) is 2.50. The van der Waals surface area contributed by atoms with Crippen molar-refractivity contribution in [2.75, 3.05) is 0 Å². The van der Waals surface area contributed by atoms with Gasteiger partial charge in [-0.05, 0) is 24.3 Å². The molecule has 3 aromatic rings. The first-order valence-corrected chi connectivity index (χ1v) is 7.06. The van der Waals surface area contributed by atoms with Crippen molar-refractivity contribution in [2.24, 2.45) is 0 Å². The van der Waals surface area contributed by atoms with Crippen molar-refractivity contribution in [1.82, 2.24) is 4.57 Å². The first kappa shape index (κ1) is 16.8. The molecule has 2 aromatic carbocycles. The Hall–Kier alpha value is -3.00. The molecule has 0 radical (unpaired) electrons. The summed E-state index contributed by atoms with van der Waals surface area (Å²) in [6.07, 6.45) is -0.874. The summed E-state index contributed by atoms with van der Waals surface area (Å²) >= 11 is 5.72. The smallest absolute Gasteiger partial charge is 0.449 e. The van der Waals surface area contributed by atoms with Crippen molar-refractivity contribution in [3.63, 3.8) is 0 Å². The predicted molar refractivity (Wildman–Crippen MR) is 83.1 cm³/mol. The van der Waals surface area contributed by atoms with Crippen LogP contribution in [0.5, 0.6) is 5.75 Å². The largest absolute Gasteiger partial charge is 0.511 e. The quantitative estimate of drug-likeness (QED) is 0.690. The lowest BCUT2D eigenvalue weighted by Gasteiger charge is -2.14. The molecule has 0 fully saturated rings. The highest BCUT2D eigenvalue weighted by molar-refractivity contribution is 6.31. The molecule has 0 unspecified atom stereocenters. The Morgan fingerprint density at radius 1 is 1.12 bits per heavy atom. The van der Waals surface area contributed by atoms with E-state index in [4.69, 9.17) is 16.7 Å². The molecule has 0 aliphatic carbocycles. The summed E-state index contributed by atoms with van der Waals surface area (Å²) in [6, 6.07) is 4.48. The molecule has 0 bridgehead atoms. The van der Waals surface area contributed by atoms with Crippen molar-refractivity contribution in [3.8, 4) is 11.4 Å². The molecule has 0 amide bonds. The molecule has 0 atom stereocenters. The molecule has 0 aliphatic rings. The van der Waals surface area contributed by atoms with Gasteiger partial charge in [0.1, 0.15) is 17.5 Å². The number of fused-ring (bicyclic) bond motifs is 1. The maximum absolute atomic E-state index is 14.1. The maximum Gasteiger partial charge on any atom is 0.511 e. The van der Waals surface area contributed by atoms with Crippen LogP contribution < -0.4 is 10.2 Å². The molecule has 1 heterocycles. The third kappa shape index (κ3) is 3.03. The molecule has 5 nitrogen and oxygen atoms in total. The number of pyridine rings is 1. The number of nitrogens with zero attached hydrogens (tertiary/aromatic N) is 1. The lowest BCUT2D eigenvalue weighted by atomic mass is 10.1. The summed E-state index contributed by atoms with van der Waals surface area (Å²) in [5, 5.41) is 8.10. The van der Waals surface area contributed by atoms with E-state index >= 15 is 0 Å². The van der Waals surface area contributed by atoms with Crippen LogP contribution in [0.4, 0.5) is 18.0 Å². The first-order valence-electron chi connectivity index (χ1n) is 6.68. The van der Waals surface area contributed by atoms with Gasteiger partial charge in [-0.15, -0.1) is 0 Å². The minimum absolute atomic E-state index is 0.0142. The van der Waals surface area contributed by atoms with Crippen LogP contribution >= 0.6 is 11.6 Å². The minimum atomic E-state index is -1.78. The number of ether oxygens (including phenoxy) is 1. The number of hydrogen-bond donors (Lipinski definition) is 1. The number of rotatable bonds is 2. The minimum Gasteiger partial charge on any atom is -0.449 e. The van der Waals surface area contributed by atoms with E-state index in [2.05, 4.69) is 4.74 Å². The van der Waals surface area contributed by atoms with Crippen molar-refractivity contribution < 1.29 is 27.8 Å². The molecule has 1 N–H and O–H groups in total. The fraction of sp³-hybridized carbons (Fsp3) is 0. The summed E-state index contributed by atoms with van der Waals surface area (Å²) in [7, 11) is 0. The summed E-state index contributed by atoms with van der Waals surface area (Å²) in [5.41, 5.74) is -1.16. The zero-order valence-corrected chi connectivity index (χ0v) is 12.9. The average Bonchev–Trinajstić information content (AvgIpc) is 2.52. The molecule has 1 aromatic heterocycles. The number of hydrogen-bond acceptors (Lipinski definition) is 3. The second-order valence-corrected chi connectivity index (χ2v) is 5.35. The highest BCUT2D eigenvalue weighted by Gasteiger charge is 2.18. The highest BCUT2D eigenvalue weighted by atomic mass is 35.5. The van der Waals surface area contributed by atoms with Gasteiger partial charge >= 0.3 is 6.16 Å². The lowest BCUT2D eigenvalue weighted by Crippen LogP contribution is -2.16. The van der Waals surface area contributed by atoms with Gasteiger partial charge in [0, 0.05) is 6.07 Å². The van der Waals surface area contributed by atoms with Crippen LogP contribution in [0.1, 0.15) is 0 Å². The molecule has 128 valence electrons. The van der Waals surface area contributed by atoms with E-state index in [0.717, 1.165) is 35.0 Å². The molecule has 0 saturated heterocycles. The normalized spacial score (nSPS) is 10.9. The van der Waals surface area contributed by atoms with Gasteiger partial charge in [0.25, 0.3) is 0 Å². The third-order valence-corrected chi connectivity index (χ3v) is 3.67. The van der Waals surface area contributed by atoms with Gasteiger partial charge in [-0.1, -0.05) is 11.6 Å². The second-order valence-electron chi connectivity index (χ2n) is 4.94. The molecule has 0 spiro atoms. The SMILES string of the molecule is O=C(O)Oc1cn(-c2ccc(F)cc2F)c2cc(Cl)c(F)cc2c1=O. The average molecular weight is 370 g/mol. The van der Waals surface area contributed by atoms with Gasteiger partial charge in [-0.2, -0.15) is 0 Å². The van der Waals surface area contributed by atoms with Crippen LogP contribution in [-0.4, -0.2) is 15.8 Å². The molecular formula is C16H7ClF3NO4. The second kappa shape index (κ2) is 6.14. The standard InChI is InChI=1S/C16H7ClF3NO4/c17-9-5-13-8(4-10(9)19)15(22)14(25-16(23)24)6-21(13)12-2-1-7(18)3-11(12)20/h1-6H,(H,23,24). The number of halogens is 4. The number of benzene rings is 2. The van der Waals surface area contributed by atoms with Crippen molar-refractivity contribution in [3.05, 3.63) is 69.2 Å². The summed E-state index contributed by atoms with van der Waals surface area (Å²) in [5.74, 6) is -3.43. The van der Waals surface area contributed by atoms with E-state index in [1.807, 2.05) is 0 Å². The van der Waals surface area contributed by atoms with E-state index < -0.39 is 34.8 Å². The van der Waals surface area contributed by atoms with Gasteiger partial charge in [0.2, 0.25) is 5.43 Å². The lowest BCUT2D eigenvalue weighted by molar-refractivity contribution is 0.144. The van der Waals surface area contributed by atoms with Crippen LogP contribution in [0, 0.1) is 17.5 Å². The number of carbonyl (C=O) groups is 1. The van der Waals surface area contributed by atoms with Crippen LogP contribution in [0.3, 0.4) is 0 Å². The zero-order valence-electron chi connectivity index (χ0n) is 12.1. The van der Waals surface area contributed by atoms with Crippen molar-refractivity contribution in [1.29, 1.82) is 0 Å². The first-order chi connectivity index (χ1) is 11.8. The van der Waals surface area contributed by atoms with E-state index in [-0.39, 0.29) is 21.6 Å². The van der Waals surface area contributed by atoms with Crippen LogP contribution in [-0.2, 0) is 0 Å². The van der Waals surface area contributed by atoms with Crippen LogP contribution in [0.15, 0.2) is 41.3 Å². The van der Waals surface area contributed by atoms with E-state index in [1.165, 1.54) is 0 Å². The van der Waals surface area contributed by atoms with Gasteiger partial charge < -0.3 is 14.4 Å². The number of aromatic nitrogens is 1. The zero-order chi connectivity index (χ0) is 18.3. The van der Waals surface area contributed by atoms with Gasteiger partial charge in [-0.3, -0.25) is 4.79 Å². The molecule has 9 heteroatoms. The topological polar surface area (TPSA) is 68.5 Å². The maximum atomic E-state index is 14.1. The predicted octanol–water partition coefficient (Wildman–Crippen LogP) is 4.12.